The van der Waals surface area contributed by atoms with E-state index in [2.05, 4.69) is 52.8 Å². The van der Waals surface area contributed by atoms with Gasteiger partial charge in [-0.2, -0.15) is 0 Å². The summed E-state index contributed by atoms with van der Waals surface area (Å²) in [6, 6.07) is 6.27. The maximum absolute atomic E-state index is 10.6. The summed E-state index contributed by atoms with van der Waals surface area (Å²) in [5.74, 6) is 0.429. The van der Waals surface area contributed by atoms with Crippen molar-refractivity contribution in [3.63, 3.8) is 0 Å². The second-order valence-electron chi connectivity index (χ2n) is 5.49. The first-order valence-corrected chi connectivity index (χ1v) is 6.72. The first-order valence-electron chi connectivity index (χ1n) is 6.72. The molecule has 0 atom stereocenters. The van der Waals surface area contributed by atoms with Gasteiger partial charge >= 0.3 is 0 Å². The van der Waals surface area contributed by atoms with Crippen molar-refractivity contribution in [2.45, 2.75) is 41.5 Å². The van der Waals surface area contributed by atoms with Crippen molar-refractivity contribution < 1.29 is 5.11 Å². The normalized spacial score (nSPS) is 10.8. The molecule has 0 unspecified atom stereocenters. The zero-order chi connectivity index (χ0) is 14.3. The van der Waals surface area contributed by atoms with Gasteiger partial charge < -0.3 is 5.11 Å². The Morgan fingerprint density at radius 2 is 1.11 bits per heavy atom. The molecule has 1 heteroatoms. The molecule has 2 aromatic rings. The van der Waals surface area contributed by atoms with E-state index in [0.717, 1.165) is 11.1 Å². The molecular formula is C18H22O. The third-order valence-corrected chi connectivity index (χ3v) is 4.39. The summed E-state index contributed by atoms with van der Waals surface area (Å²) >= 11 is 0. The lowest BCUT2D eigenvalue weighted by Crippen LogP contribution is -1.98. The van der Waals surface area contributed by atoms with Crippen molar-refractivity contribution in [3.05, 3.63) is 51.6 Å². The van der Waals surface area contributed by atoms with Gasteiger partial charge in [0.05, 0.1) is 0 Å². The van der Waals surface area contributed by atoms with Gasteiger partial charge in [-0.1, -0.05) is 18.2 Å². The van der Waals surface area contributed by atoms with Crippen LogP contribution < -0.4 is 0 Å². The van der Waals surface area contributed by atoms with Crippen LogP contribution in [0.3, 0.4) is 0 Å². The van der Waals surface area contributed by atoms with E-state index < -0.39 is 0 Å². The summed E-state index contributed by atoms with van der Waals surface area (Å²) in [6.45, 7) is 12.5. The molecule has 2 rings (SSSR count). The third-order valence-electron chi connectivity index (χ3n) is 4.39. The highest BCUT2D eigenvalue weighted by molar-refractivity contribution is 5.81. The van der Waals surface area contributed by atoms with E-state index >= 15 is 0 Å². The number of hydrogen-bond acceptors (Lipinski definition) is 1. The van der Waals surface area contributed by atoms with Gasteiger partial charge in [0.15, 0.2) is 0 Å². The SMILES string of the molecule is Cc1cccc(C)c1-c1c(C)c(C)c(C)c(C)c1O. The van der Waals surface area contributed by atoms with Gasteiger partial charge in [0.25, 0.3) is 0 Å². The highest BCUT2D eigenvalue weighted by Gasteiger charge is 2.18. The number of aryl methyl sites for hydroxylation is 2. The summed E-state index contributed by atoms with van der Waals surface area (Å²) in [7, 11) is 0. The highest BCUT2D eigenvalue weighted by Crippen LogP contribution is 2.41. The van der Waals surface area contributed by atoms with Crippen molar-refractivity contribution in [2.75, 3.05) is 0 Å². The fourth-order valence-electron chi connectivity index (χ4n) is 2.81. The monoisotopic (exact) mass is 254 g/mol. The summed E-state index contributed by atoms with van der Waals surface area (Å²) in [4.78, 5) is 0. The fraction of sp³-hybridized carbons (Fsp3) is 0.333. The maximum Gasteiger partial charge on any atom is 0.126 e. The second-order valence-corrected chi connectivity index (χ2v) is 5.49. The van der Waals surface area contributed by atoms with Crippen molar-refractivity contribution in [1.29, 1.82) is 0 Å². The molecule has 0 saturated heterocycles. The van der Waals surface area contributed by atoms with Crippen molar-refractivity contribution in [3.8, 4) is 16.9 Å². The van der Waals surface area contributed by atoms with Gasteiger partial charge in [-0.3, -0.25) is 0 Å². The van der Waals surface area contributed by atoms with Crippen LogP contribution in [0.25, 0.3) is 11.1 Å². The Kier molecular flexibility index (Phi) is 3.40. The third kappa shape index (κ3) is 2.03. The first-order chi connectivity index (χ1) is 8.86. The number of benzene rings is 2. The molecule has 1 N–H and O–H groups in total. The molecule has 0 aliphatic rings. The fourth-order valence-corrected chi connectivity index (χ4v) is 2.81. The van der Waals surface area contributed by atoms with Crippen LogP contribution >= 0.6 is 0 Å². The predicted molar refractivity (Wildman–Crippen MR) is 82.0 cm³/mol. The van der Waals surface area contributed by atoms with Gasteiger partial charge in [-0.05, 0) is 80.5 Å². The number of phenols is 1. The smallest absolute Gasteiger partial charge is 0.126 e. The largest absolute Gasteiger partial charge is 0.507 e. The standard InChI is InChI=1S/C18H22O/c1-10-8-7-9-11(2)16(10)17-14(5)12(3)13(4)15(6)18(17)19/h7-9,19H,1-6H3. The Labute approximate surface area is 115 Å². The molecular weight excluding hydrogens is 232 g/mol. The van der Waals surface area contributed by atoms with Crippen LogP contribution in [0, 0.1) is 41.5 Å². The van der Waals surface area contributed by atoms with Crippen LogP contribution in [0.4, 0.5) is 0 Å². The van der Waals surface area contributed by atoms with E-state index in [9.17, 15) is 5.11 Å². The maximum atomic E-state index is 10.6. The number of phenolic OH excluding ortho intramolecular Hbond substituents is 1. The lowest BCUT2D eigenvalue weighted by atomic mass is 9.86. The Bertz CT molecular complexity index is 602. The minimum Gasteiger partial charge on any atom is -0.507 e. The molecule has 2 aromatic carbocycles. The molecule has 0 aliphatic heterocycles. The molecule has 0 aliphatic carbocycles. The molecule has 0 radical (unpaired) electrons. The zero-order valence-electron chi connectivity index (χ0n) is 12.7. The van der Waals surface area contributed by atoms with Crippen molar-refractivity contribution >= 4 is 0 Å². The summed E-state index contributed by atoms with van der Waals surface area (Å²) in [6.07, 6.45) is 0. The molecule has 1 nitrogen and oxygen atoms in total. The lowest BCUT2D eigenvalue weighted by molar-refractivity contribution is 0.472. The van der Waals surface area contributed by atoms with Gasteiger partial charge in [0.1, 0.15) is 5.75 Å². The molecule has 0 spiro atoms. The van der Waals surface area contributed by atoms with Crippen LogP contribution in [0.5, 0.6) is 5.75 Å². The quantitative estimate of drug-likeness (QED) is 0.766. The average Bonchev–Trinajstić information content (AvgIpc) is 2.37. The summed E-state index contributed by atoms with van der Waals surface area (Å²) in [5, 5.41) is 10.6. The zero-order valence-corrected chi connectivity index (χ0v) is 12.7. The Morgan fingerprint density at radius 1 is 0.632 bits per heavy atom. The average molecular weight is 254 g/mol. The molecule has 0 fully saturated rings. The Morgan fingerprint density at radius 3 is 1.63 bits per heavy atom. The topological polar surface area (TPSA) is 20.2 Å². The highest BCUT2D eigenvalue weighted by atomic mass is 16.3. The van der Waals surface area contributed by atoms with Gasteiger partial charge in [0.2, 0.25) is 0 Å². The van der Waals surface area contributed by atoms with E-state index in [1.54, 1.807) is 0 Å². The Balaban J connectivity index is 2.92. The molecule has 0 bridgehead atoms. The minimum atomic E-state index is 0.429. The molecule has 0 heterocycles. The van der Waals surface area contributed by atoms with Crippen molar-refractivity contribution in [1.82, 2.24) is 0 Å². The van der Waals surface area contributed by atoms with Crippen LogP contribution in [0.2, 0.25) is 0 Å². The van der Waals surface area contributed by atoms with E-state index in [0.29, 0.717) is 5.75 Å². The van der Waals surface area contributed by atoms with Gasteiger partial charge in [0, 0.05) is 5.56 Å². The van der Waals surface area contributed by atoms with Gasteiger partial charge in [-0.15, -0.1) is 0 Å². The van der Waals surface area contributed by atoms with E-state index in [1.807, 2.05) is 6.92 Å². The van der Waals surface area contributed by atoms with E-state index in [-0.39, 0.29) is 0 Å². The molecule has 100 valence electrons. The molecule has 0 amide bonds. The van der Waals surface area contributed by atoms with Crippen LogP contribution in [0.15, 0.2) is 18.2 Å². The predicted octanol–water partition coefficient (Wildman–Crippen LogP) is 4.91. The number of hydrogen-bond donors (Lipinski definition) is 1. The number of aromatic hydroxyl groups is 1. The Hall–Kier alpha value is -1.76. The van der Waals surface area contributed by atoms with E-state index in [1.165, 1.54) is 33.4 Å². The molecule has 19 heavy (non-hydrogen) atoms. The summed E-state index contributed by atoms with van der Waals surface area (Å²) < 4.78 is 0. The van der Waals surface area contributed by atoms with Gasteiger partial charge in [-0.25, -0.2) is 0 Å². The second kappa shape index (κ2) is 4.73. The van der Waals surface area contributed by atoms with Crippen LogP contribution in [0.1, 0.15) is 33.4 Å². The minimum absolute atomic E-state index is 0.429. The van der Waals surface area contributed by atoms with Crippen LogP contribution in [-0.4, -0.2) is 5.11 Å². The molecule has 0 aromatic heterocycles. The first kappa shape index (κ1) is 13.7. The van der Waals surface area contributed by atoms with Crippen molar-refractivity contribution in [2.24, 2.45) is 0 Å². The number of rotatable bonds is 1. The van der Waals surface area contributed by atoms with Crippen LogP contribution in [-0.2, 0) is 0 Å². The lowest BCUT2D eigenvalue weighted by Gasteiger charge is -2.20. The summed E-state index contributed by atoms with van der Waals surface area (Å²) in [5.41, 5.74) is 9.21. The molecule has 0 saturated carbocycles. The van der Waals surface area contributed by atoms with E-state index in [4.69, 9.17) is 0 Å².